The third-order valence-corrected chi connectivity index (χ3v) is 3.30. The van der Waals surface area contributed by atoms with Crippen molar-refractivity contribution in [1.82, 2.24) is 0 Å². The number of hydrogen-bond acceptors (Lipinski definition) is 1. The molecule has 90 valence electrons. The van der Waals surface area contributed by atoms with Crippen LogP contribution in [0.4, 0.5) is 10.1 Å². The first-order valence-corrected chi connectivity index (χ1v) is 6.87. The number of hydrogen-bond donors (Lipinski definition) is 0. The lowest BCUT2D eigenvalue weighted by Crippen LogP contribution is -2.21. The number of halogens is 2. The molecule has 0 fully saturated rings. The maximum atomic E-state index is 13.7. The molecule has 0 heterocycles. The third kappa shape index (κ3) is 3.48. The summed E-state index contributed by atoms with van der Waals surface area (Å²) in [4.78, 5) is 2.02. The van der Waals surface area contributed by atoms with Gasteiger partial charge in [0.2, 0.25) is 0 Å². The molecule has 1 nitrogen and oxygen atoms in total. The molecule has 0 saturated carbocycles. The van der Waals surface area contributed by atoms with Gasteiger partial charge in [-0.2, -0.15) is 0 Å². The zero-order valence-electron chi connectivity index (χ0n) is 9.97. The Morgan fingerprint density at radius 2 is 2.06 bits per heavy atom. The Morgan fingerprint density at radius 1 is 1.31 bits per heavy atom. The van der Waals surface area contributed by atoms with E-state index in [-0.39, 0.29) is 5.82 Å². The molecule has 0 spiro atoms. The predicted octanol–water partition coefficient (Wildman–Crippen LogP) is 4.35. The lowest BCUT2D eigenvalue weighted by Gasteiger charge is -2.22. The van der Waals surface area contributed by atoms with Crippen LogP contribution in [-0.2, 0) is 5.33 Å². The Bertz CT molecular complexity index is 328. The van der Waals surface area contributed by atoms with E-state index in [1.54, 1.807) is 6.07 Å². The molecule has 0 N–H and O–H groups in total. The van der Waals surface area contributed by atoms with Crippen LogP contribution in [-0.4, -0.2) is 13.6 Å². The van der Waals surface area contributed by atoms with E-state index in [4.69, 9.17) is 0 Å². The van der Waals surface area contributed by atoms with E-state index in [0.717, 1.165) is 24.2 Å². The number of alkyl halides is 1. The average molecular weight is 288 g/mol. The van der Waals surface area contributed by atoms with Crippen LogP contribution < -0.4 is 4.90 Å². The summed E-state index contributed by atoms with van der Waals surface area (Å²) in [5, 5.41) is 0.693. The Hall–Kier alpha value is -0.570. The summed E-state index contributed by atoms with van der Waals surface area (Å²) in [7, 11) is 1.96. The van der Waals surface area contributed by atoms with Crippen LogP contribution in [0.1, 0.15) is 31.7 Å². The molecule has 16 heavy (non-hydrogen) atoms. The molecular weight excluding hydrogens is 269 g/mol. The van der Waals surface area contributed by atoms with Crippen molar-refractivity contribution in [2.75, 3.05) is 18.5 Å². The van der Waals surface area contributed by atoms with E-state index in [2.05, 4.69) is 22.9 Å². The van der Waals surface area contributed by atoms with Crippen LogP contribution in [0.25, 0.3) is 0 Å². The summed E-state index contributed by atoms with van der Waals surface area (Å²) in [5.74, 6) is -0.129. The molecule has 3 heteroatoms. The zero-order chi connectivity index (χ0) is 12.0. The number of anilines is 1. The number of nitrogens with zero attached hydrogens (tertiary/aromatic N) is 1. The molecule has 0 aliphatic carbocycles. The summed E-state index contributed by atoms with van der Waals surface area (Å²) < 4.78 is 13.7. The summed E-state index contributed by atoms with van der Waals surface area (Å²) in [5.41, 5.74) is 1.74. The number of benzene rings is 1. The minimum atomic E-state index is -0.129. The van der Waals surface area contributed by atoms with E-state index >= 15 is 0 Å². The summed E-state index contributed by atoms with van der Waals surface area (Å²) in [6, 6.07) is 5.25. The van der Waals surface area contributed by atoms with Gasteiger partial charge in [-0.1, -0.05) is 47.8 Å². The van der Waals surface area contributed by atoms with Gasteiger partial charge in [0.25, 0.3) is 0 Å². The van der Waals surface area contributed by atoms with Gasteiger partial charge in [0.05, 0.1) is 5.69 Å². The molecule has 0 aromatic heterocycles. The first-order chi connectivity index (χ1) is 7.70. The van der Waals surface area contributed by atoms with Crippen molar-refractivity contribution in [1.29, 1.82) is 0 Å². The molecule has 1 aromatic rings. The molecule has 0 bridgehead atoms. The highest BCUT2D eigenvalue weighted by Gasteiger charge is 2.11. The van der Waals surface area contributed by atoms with E-state index in [9.17, 15) is 4.39 Å². The first kappa shape index (κ1) is 13.5. The molecule has 0 radical (unpaired) electrons. The molecule has 0 amide bonds. The predicted molar refractivity (Wildman–Crippen MR) is 71.8 cm³/mol. The number of rotatable bonds is 6. The highest BCUT2D eigenvalue weighted by molar-refractivity contribution is 9.08. The van der Waals surface area contributed by atoms with Crippen LogP contribution >= 0.6 is 15.9 Å². The Morgan fingerprint density at radius 3 is 2.69 bits per heavy atom. The molecule has 0 saturated heterocycles. The van der Waals surface area contributed by atoms with Crippen molar-refractivity contribution in [3.63, 3.8) is 0 Å². The second kappa shape index (κ2) is 6.89. The standard InChI is InChI=1S/C13H19BrFN/c1-3-4-5-9-16(2)13-11(10-14)7-6-8-12(13)15/h6-8H,3-5,9-10H2,1-2H3. The van der Waals surface area contributed by atoms with Gasteiger partial charge in [0.1, 0.15) is 5.82 Å². The molecule has 0 aliphatic heterocycles. The van der Waals surface area contributed by atoms with Crippen molar-refractivity contribution in [2.45, 2.75) is 31.5 Å². The Kier molecular flexibility index (Phi) is 5.81. The van der Waals surface area contributed by atoms with Crippen molar-refractivity contribution < 1.29 is 4.39 Å². The maximum Gasteiger partial charge on any atom is 0.146 e. The van der Waals surface area contributed by atoms with Crippen molar-refractivity contribution in [2.24, 2.45) is 0 Å². The third-order valence-electron chi connectivity index (χ3n) is 2.69. The smallest absolute Gasteiger partial charge is 0.146 e. The summed E-state index contributed by atoms with van der Waals surface area (Å²) >= 11 is 3.40. The Balaban J connectivity index is 2.76. The molecule has 0 unspecified atom stereocenters. The van der Waals surface area contributed by atoms with E-state index in [1.807, 2.05) is 18.0 Å². The fourth-order valence-electron chi connectivity index (χ4n) is 1.81. The van der Waals surface area contributed by atoms with E-state index < -0.39 is 0 Å². The van der Waals surface area contributed by atoms with Gasteiger partial charge < -0.3 is 4.90 Å². The second-order valence-corrected chi connectivity index (χ2v) is 4.57. The molecular formula is C13H19BrFN. The van der Waals surface area contributed by atoms with E-state index in [0.29, 0.717) is 5.33 Å². The summed E-state index contributed by atoms with van der Waals surface area (Å²) in [6.07, 6.45) is 3.50. The van der Waals surface area contributed by atoms with Gasteiger partial charge in [0, 0.05) is 18.9 Å². The van der Waals surface area contributed by atoms with Gasteiger partial charge >= 0.3 is 0 Å². The minimum absolute atomic E-state index is 0.129. The fourth-order valence-corrected chi connectivity index (χ4v) is 2.26. The van der Waals surface area contributed by atoms with Gasteiger partial charge in [-0.05, 0) is 18.1 Å². The first-order valence-electron chi connectivity index (χ1n) is 5.75. The van der Waals surface area contributed by atoms with E-state index in [1.165, 1.54) is 18.9 Å². The van der Waals surface area contributed by atoms with Crippen molar-refractivity contribution in [3.8, 4) is 0 Å². The molecule has 1 rings (SSSR count). The molecule has 1 aromatic carbocycles. The van der Waals surface area contributed by atoms with Crippen molar-refractivity contribution in [3.05, 3.63) is 29.6 Å². The largest absolute Gasteiger partial charge is 0.372 e. The van der Waals surface area contributed by atoms with Gasteiger partial charge in [-0.25, -0.2) is 4.39 Å². The van der Waals surface area contributed by atoms with Crippen LogP contribution in [0.15, 0.2) is 18.2 Å². The SMILES string of the molecule is CCCCCN(C)c1c(F)cccc1CBr. The normalized spacial score (nSPS) is 10.5. The van der Waals surface area contributed by atoms with Crippen LogP contribution in [0.2, 0.25) is 0 Å². The quantitative estimate of drug-likeness (QED) is 0.555. The Labute approximate surface area is 106 Å². The molecule has 0 aliphatic rings. The van der Waals surface area contributed by atoms with Gasteiger partial charge in [-0.15, -0.1) is 0 Å². The fraction of sp³-hybridized carbons (Fsp3) is 0.538. The van der Waals surface area contributed by atoms with Crippen LogP contribution in [0.3, 0.4) is 0 Å². The molecule has 0 atom stereocenters. The zero-order valence-corrected chi connectivity index (χ0v) is 11.6. The van der Waals surface area contributed by atoms with Crippen LogP contribution in [0.5, 0.6) is 0 Å². The van der Waals surface area contributed by atoms with Gasteiger partial charge in [0.15, 0.2) is 0 Å². The minimum Gasteiger partial charge on any atom is -0.372 e. The lowest BCUT2D eigenvalue weighted by atomic mass is 10.1. The topological polar surface area (TPSA) is 3.24 Å². The lowest BCUT2D eigenvalue weighted by molar-refractivity contribution is 0.615. The highest BCUT2D eigenvalue weighted by Crippen LogP contribution is 2.25. The van der Waals surface area contributed by atoms with Gasteiger partial charge in [-0.3, -0.25) is 0 Å². The monoisotopic (exact) mass is 287 g/mol. The average Bonchev–Trinajstić information content (AvgIpc) is 2.28. The number of para-hydroxylation sites is 1. The maximum absolute atomic E-state index is 13.7. The van der Waals surface area contributed by atoms with Crippen molar-refractivity contribution >= 4 is 21.6 Å². The summed E-state index contributed by atoms with van der Waals surface area (Å²) in [6.45, 7) is 3.09. The highest BCUT2D eigenvalue weighted by atomic mass is 79.9. The van der Waals surface area contributed by atoms with Crippen LogP contribution in [0, 0.1) is 5.82 Å². The number of unbranched alkanes of at least 4 members (excludes halogenated alkanes) is 2. The second-order valence-electron chi connectivity index (χ2n) is 4.01.